The number of rotatable bonds is 4. The average molecular weight is 397 g/mol. The van der Waals surface area contributed by atoms with Crippen LogP contribution in [0.4, 0.5) is 5.69 Å². The van der Waals surface area contributed by atoms with Crippen LogP contribution in [-0.4, -0.2) is 21.8 Å². The molecule has 0 bridgehead atoms. The molecule has 3 heterocycles. The molecule has 4 aromatic rings. The van der Waals surface area contributed by atoms with Gasteiger partial charge in [0, 0.05) is 24.6 Å². The van der Waals surface area contributed by atoms with Gasteiger partial charge >= 0.3 is 0 Å². The maximum atomic E-state index is 13.4. The largest absolute Gasteiger partial charge is 0.486 e. The summed E-state index contributed by atoms with van der Waals surface area (Å²) in [4.78, 5) is 19.9. The van der Waals surface area contributed by atoms with Crippen molar-refractivity contribution in [2.45, 2.75) is 26.4 Å². The predicted molar refractivity (Wildman–Crippen MR) is 117 cm³/mol. The SMILES string of the molecule is Cc1cccn2cc(COc3ccccc3C(=O)N3CCCc4ccccc43)nc12. The molecule has 0 aliphatic carbocycles. The van der Waals surface area contributed by atoms with Gasteiger partial charge in [-0.2, -0.15) is 0 Å². The number of carbonyl (C=O) groups is 1. The van der Waals surface area contributed by atoms with Crippen LogP contribution < -0.4 is 9.64 Å². The van der Waals surface area contributed by atoms with Gasteiger partial charge in [-0.15, -0.1) is 0 Å². The summed E-state index contributed by atoms with van der Waals surface area (Å²) in [6.45, 7) is 3.06. The van der Waals surface area contributed by atoms with Gasteiger partial charge in [0.15, 0.2) is 0 Å². The number of pyridine rings is 1. The number of benzene rings is 2. The number of carbonyl (C=O) groups excluding carboxylic acids is 1. The van der Waals surface area contributed by atoms with Gasteiger partial charge in [-0.25, -0.2) is 4.98 Å². The van der Waals surface area contributed by atoms with Gasteiger partial charge in [-0.3, -0.25) is 4.79 Å². The molecular formula is C25H23N3O2. The van der Waals surface area contributed by atoms with Crippen LogP contribution >= 0.6 is 0 Å². The van der Waals surface area contributed by atoms with Gasteiger partial charge in [0.1, 0.15) is 18.0 Å². The third kappa shape index (κ3) is 3.32. The van der Waals surface area contributed by atoms with E-state index in [0.29, 0.717) is 17.9 Å². The van der Waals surface area contributed by atoms with Crippen molar-refractivity contribution in [2.75, 3.05) is 11.4 Å². The summed E-state index contributed by atoms with van der Waals surface area (Å²) in [5.74, 6) is 0.558. The van der Waals surface area contributed by atoms with Crippen molar-refractivity contribution in [3.8, 4) is 5.75 Å². The van der Waals surface area contributed by atoms with Crippen LogP contribution in [0.25, 0.3) is 5.65 Å². The number of fused-ring (bicyclic) bond motifs is 2. The van der Waals surface area contributed by atoms with Crippen LogP contribution in [0.15, 0.2) is 73.1 Å². The Morgan fingerprint density at radius 3 is 2.80 bits per heavy atom. The zero-order chi connectivity index (χ0) is 20.5. The van der Waals surface area contributed by atoms with Crippen molar-refractivity contribution in [1.82, 2.24) is 9.38 Å². The standard InChI is InChI=1S/C25H23N3O2/c1-18-8-6-14-27-16-20(26-24(18)27)17-30-23-13-5-3-11-21(23)25(29)28-15-7-10-19-9-2-4-12-22(19)28/h2-6,8-9,11-14,16H,7,10,15,17H2,1H3. The molecule has 1 amide bonds. The molecule has 2 aromatic heterocycles. The second kappa shape index (κ2) is 7.67. The summed E-state index contributed by atoms with van der Waals surface area (Å²) in [6.07, 6.45) is 5.91. The van der Waals surface area contributed by atoms with Crippen molar-refractivity contribution in [1.29, 1.82) is 0 Å². The molecule has 0 fully saturated rings. The zero-order valence-electron chi connectivity index (χ0n) is 16.9. The highest BCUT2D eigenvalue weighted by molar-refractivity contribution is 6.08. The summed E-state index contributed by atoms with van der Waals surface area (Å²) in [5, 5.41) is 0. The molecule has 30 heavy (non-hydrogen) atoms. The van der Waals surface area contributed by atoms with Gasteiger partial charge < -0.3 is 14.0 Å². The minimum atomic E-state index is -0.0244. The van der Waals surface area contributed by atoms with Crippen molar-refractivity contribution >= 4 is 17.2 Å². The lowest BCUT2D eigenvalue weighted by Gasteiger charge is -2.30. The Labute approximate surface area is 175 Å². The second-order valence-corrected chi connectivity index (χ2v) is 7.63. The van der Waals surface area contributed by atoms with Crippen molar-refractivity contribution in [2.24, 2.45) is 0 Å². The third-order valence-electron chi connectivity index (χ3n) is 5.58. The van der Waals surface area contributed by atoms with Crippen LogP contribution in [0, 0.1) is 6.92 Å². The number of anilines is 1. The van der Waals surface area contributed by atoms with E-state index in [1.807, 2.05) is 83.2 Å². The number of hydrogen-bond donors (Lipinski definition) is 0. The molecule has 0 atom stereocenters. The second-order valence-electron chi connectivity index (χ2n) is 7.63. The van der Waals surface area contributed by atoms with Gasteiger partial charge in [0.25, 0.3) is 5.91 Å². The quantitative estimate of drug-likeness (QED) is 0.496. The van der Waals surface area contributed by atoms with Crippen molar-refractivity contribution < 1.29 is 9.53 Å². The highest BCUT2D eigenvalue weighted by atomic mass is 16.5. The number of nitrogens with zero attached hydrogens (tertiary/aromatic N) is 3. The Morgan fingerprint density at radius 1 is 1.07 bits per heavy atom. The molecule has 0 radical (unpaired) electrons. The third-order valence-corrected chi connectivity index (χ3v) is 5.58. The van der Waals surface area contributed by atoms with E-state index in [1.165, 1.54) is 5.56 Å². The number of imidazole rings is 1. The zero-order valence-corrected chi connectivity index (χ0v) is 16.9. The maximum absolute atomic E-state index is 13.4. The smallest absolute Gasteiger partial charge is 0.262 e. The fourth-order valence-electron chi connectivity index (χ4n) is 4.08. The Kier molecular flexibility index (Phi) is 4.71. The average Bonchev–Trinajstić information content (AvgIpc) is 3.22. The summed E-state index contributed by atoms with van der Waals surface area (Å²) >= 11 is 0. The first-order valence-corrected chi connectivity index (χ1v) is 10.3. The van der Waals surface area contributed by atoms with E-state index in [4.69, 9.17) is 4.74 Å². The van der Waals surface area contributed by atoms with Crippen LogP contribution in [0.2, 0.25) is 0 Å². The van der Waals surface area contributed by atoms with E-state index in [1.54, 1.807) is 0 Å². The number of amides is 1. The number of ether oxygens (including phenoxy) is 1. The lowest BCUT2D eigenvalue weighted by Crippen LogP contribution is -2.35. The van der Waals surface area contributed by atoms with E-state index in [0.717, 1.165) is 42.0 Å². The Balaban J connectivity index is 1.40. The first-order chi connectivity index (χ1) is 14.7. The van der Waals surface area contributed by atoms with Gasteiger partial charge in [0.2, 0.25) is 0 Å². The van der Waals surface area contributed by atoms with E-state index in [9.17, 15) is 4.79 Å². The van der Waals surface area contributed by atoms with E-state index >= 15 is 0 Å². The molecule has 5 heteroatoms. The van der Waals surface area contributed by atoms with Gasteiger partial charge in [0.05, 0.1) is 11.3 Å². The minimum absolute atomic E-state index is 0.0244. The highest BCUT2D eigenvalue weighted by Crippen LogP contribution is 2.30. The number of aryl methyl sites for hydroxylation is 2. The molecule has 0 unspecified atom stereocenters. The fraction of sp³-hybridized carbons (Fsp3) is 0.200. The van der Waals surface area contributed by atoms with Crippen LogP contribution in [0.3, 0.4) is 0 Å². The molecule has 0 saturated carbocycles. The number of hydrogen-bond acceptors (Lipinski definition) is 3. The Hall–Kier alpha value is -3.60. The molecule has 1 aliphatic rings. The number of para-hydroxylation sites is 2. The predicted octanol–water partition coefficient (Wildman–Crippen LogP) is 4.81. The molecule has 150 valence electrons. The lowest BCUT2D eigenvalue weighted by molar-refractivity contribution is 0.0980. The van der Waals surface area contributed by atoms with E-state index in [2.05, 4.69) is 11.1 Å². The molecular weight excluding hydrogens is 374 g/mol. The van der Waals surface area contributed by atoms with E-state index < -0.39 is 0 Å². The van der Waals surface area contributed by atoms with Gasteiger partial charge in [-0.1, -0.05) is 36.4 Å². The molecule has 1 aliphatic heterocycles. The summed E-state index contributed by atoms with van der Waals surface area (Å²) in [5.41, 5.74) is 5.66. The molecule has 5 rings (SSSR count). The number of aromatic nitrogens is 2. The maximum Gasteiger partial charge on any atom is 0.262 e. The normalized spacial score (nSPS) is 13.3. The van der Waals surface area contributed by atoms with Crippen LogP contribution in [0.5, 0.6) is 5.75 Å². The lowest BCUT2D eigenvalue weighted by atomic mass is 10.0. The molecule has 0 saturated heterocycles. The molecule has 0 spiro atoms. The highest BCUT2D eigenvalue weighted by Gasteiger charge is 2.25. The van der Waals surface area contributed by atoms with Crippen molar-refractivity contribution in [3.05, 3.63) is 95.4 Å². The summed E-state index contributed by atoms with van der Waals surface area (Å²) in [7, 11) is 0. The molecule has 5 nitrogen and oxygen atoms in total. The first kappa shape index (κ1) is 18.4. The van der Waals surface area contributed by atoms with Gasteiger partial charge in [-0.05, 0) is 55.2 Å². The minimum Gasteiger partial charge on any atom is -0.486 e. The monoisotopic (exact) mass is 397 g/mol. The van der Waals surface area contributed by atoms with Crippen LogP contribution in [-0.2, 0) is 13.0 Å². The molecule has 2 aromatic carbocycles. The summed E-state index contributed by atoms with van der Waals surface area (Å²) < 4.78 is 8.07. The Morgan fingerprint density at radius 2 is 1.90 bits per heavy atom. The van der Waals surface area contributed by atoms with Crippen LogP contribution in [0.1, 0.15) is 33.6 Å². The molecule has 0 N–H and O–H groups in total. The summed E-state index contributed by atoms with van der Waals surface area (Å²) in [6, 6.07) is 19.6. The topological polar surface area (TPSA) is 46.8 Å². The fourth-order valence-corrected chi connectivity index (χ4v) is 4.08. The van der Waals surface area contributed by atoms with E-state index in [-0.39, 0.29) is 5.91 Å². The van der Waals surface area contributed by atoms with Crippen molar-refractivity contribution in [3.63, 3.8) is 0 Å². The first-order valence-electron chi connectivity index (χ1n) is 10.3. The Bertz CT molecular complexity index is 1230.